The highest BCUT2D eigenvalue weighted by atomic mass is 16.3. The minimum atomic E-state index is -0.707. The Balaban J connectivity index is 1.87. The summed E-state index contributed by atoms with van der Waals surface area (Å²) in [6, 6.07) is 1.60. The molecular formula is C15H20N4O2. The van der Waals surface area contributed by atoms with Gasteiger partial charge in [0.2, 0.25) is 0 Å². The molecule has 6 heteroatoms. The fraction of sp³-hybridized carbons (Fsp3) is 0.533. The van der Waals surface area contributed by atoms with E-state index in [2.05, 4.69) is 10.1 Å². The zero-order valence-electron chi connectivity index (χ0n) is 12.0. The van der Waals surface area contributed by atoms with Crippen LogP contribution >= 0.6 is 0 Å². The minimum Gasteiger partial charge on any atom is -0.505 e. The van der Waals surface area contributed by atoms with Crippen molar-refractivity contribution in [2.45, 2.75) is 44.9 Å². The van der Waals surface area contributed by atoms with Crippen LogP contribution in [0.4, 0.5) is 0 Å². The third-order valence-corrected chi connectivity index (χ3v) is 4.38. The molecule has 2 heterocycles. The fourth-order valence-corrected chi connectivity index (χ4v) is 3.28. The second-order valence-corrected chi connectivity index (χ2v) is 5.81. The van der Waals surface area contributed by atoms with Crippen molar-refractivity contribution >= 4 is 11.6 Å². The van der Waals surface area contributed by atoms with Gasteiger partial charge in [-0.25, -0.2) is 9.50 Å². The fourth-order valence-electron chi connectivity index (χ4n) is 3.28. The number of aromatic hydroxyl groups is 1. The quantitative estimate of drug-likeness (QED) is 0.900. The normalized spacial score (nSPS) is 16.4. The summed E-state index contributed by atoms with van der Waals surface area (Å²) >= 11 is 0. The van der Waals surface area contributed by atoms with E-state index < -0.39 is 5.91 Å². The van der Waals surface area contributed by atoms with Gasteiger partial charge in [-0.1, -0.05) is 32.1 Å². The number of carbonyl (C=O) groups excluding carboxylic acids is 1. The first-order valence-electron chi connectivity index (χ1n) is 7.51. The van der Waals surface area contributed by atoms with Crippen molar-refractivity contribution in [3.63, 3.8) is 0 Å². The van der Waals surface area contributed by atoms with E-state index in [1.165, 1.54) is 42.9 Å². The van der Waals surface area contributed by atoms with Crippen LogP contribution in [0.2, 0.25) is 0 Å². The summed E-state index contributed by atoms with van der Waals surface area (Å²) < 4.78 is 1.34. The molecule has 1 saturated carbocycles. The van der Waals surface area contributed by atoms with Gasteiger partial charge in [0.15, 0.2) is 11.3 Å². The van der Waals surface area contributed by atoms with Crippen molar-refractivity contribution in [2.24, 2.45) is 11.7 Å². The number of pyridine rings is 1. The standard InChI is InChI=1S/C15H20N4O2/c16-14(21)13-12(20)8-11(15-17-9-18-19(13)15)7-6-10-4-2-1-3-5-10/h8-10,20H,1-7H2,(H2,16,21). The summed E-state index contributed by atoms with van der Waals surface area (Å²) in [6.07, 6.45) is 9.85. The number of rotatable bonds is 4. The third-order valence-electron chi connectivity index (χ3n) is 4.38. The van der Waals surface area contributed by atoms with E-state index in [4.69, 9.17) is 5.73 Å². The maximum Gasteiger partial charge on any atom is 0.271 e. The number of fused-ring (bicyclic) bond motifs is 1. The molecule has 21 heavy (non-hydrogen) atoms. The molecule has 6 nitrogen and oxygen atoms in total. The van der Waals surface area contributed by atoms with Gasteiger partial charge in [-0.3, -0.25) is 4.79 Å². The Labute approximate surface area is 123 Å². The predicted molar refractivity (Wildman–Crippen MR) is 78.1 cm³/mol. The first-order chi connectivity index (χ1) is 10.2. The van der Waals surface area contributed by atoms with Gasteiger partial charge in [0.25, 0.3) is 5.91 Å². The molecular weight excluding hydrogens is 268 g/mol. The molecule has 1 aliphatic rings. The van der Waals surface area contributed by atoms with Crippen molar-refractivity contribution < 1.29 is 9.90 Å². The highest BCUT2D eigenvalue weighted by molar-refractivity contribution is 5.94. The molecule has 2 aromatic rings. The topological polar surface area (TPSA) is 93.5 Å². The van der Waals surface area contributed by atoms with Gasteiger partial charge in [-0.15, -0.1) is 0 Å². The Morgan fingerprint density at radius 3 is 2.86 bits per heavy atom. The van der Waals surface area contributed by atoms with E-state index in [1.54, 1.807) is 6.07 Å². The van der Waals surface area contributed by atoms with E-state index in [9.17, 15) is 9.90 Å². The number of nitrogens with zero attached hydrogens (tertiary/aromatic N) is 3. The van der Waals surface area contributed by atoms with Crippen LogP contribution in [0.1, 0.15) is 54.6 Å². The molecule has 0 aromatic carbocycles. The Morgan fingerprint density at radius 2 is 2.14 bits per heavy atom. The molecule has 1 aliphatic carbocycles. The molecule has 112 valence electrons. The third kappa shape index (κ3) is 2.70. The van der Waals surface area contributed by atoms with Gasteiger partial charge >= 0.3 is 0 Å². The van der Waals surface area contributed by atoms with Crippen molar-refractivity contribution in [2.75, 3.05) is 0 Å². The van der Waals surface area contributed by atoms with Crippen molar-refractivity contribution in [3.8, 4) is 5.75 Å². The Morgan fingerprint density at radius 1 is 1.38 bits per heavy atom. The summed E-state index contributed by atoms with van der Waals surface area (Å²) in [5.74, 6) is -0.0827. The van der Waals surface area contributed by atoms with Gasteiger partial charge < -0.3 is 10.8 Å². The number of carbonyl (C=O) groups is 1. The molecule has 0 spiro atoms. The maximum absolute atomic E-state index is 11.4. The van der Waals surface area contributed by atoms with Crippen molar-refractivity contribution in [3.05, 3.63) is 23.7 Å². The summed E-state index contributed by atoms with van der Waals surface area (Å²) in [6.45, 7) is 0. The lowest BCUT2D eigenvalue weighted by Gasteiger charge is -2.21. The Bertz CT molecular complexity index is 659. The van der Waals surface area contributed by atoms with E-state index in [-0.39, 0.29) is 11.4 Å². The smallest absolute Gasteiger partial charge is 0.271 e. The largest absolute Gasteiger partial charge is 0.505 e. The summed E-state index contributed by atoms with van der Waals surface area (Å²) in [5.41, 5.74) is 6.81. The van der Waals surface area contributed by atoms with E-state index in [1.807, 2.05) is 0 Å². The lowest BCUT2D eigenvalue weighted by Crippen LogP contribution is -2.17. The van der Waals surface area contributed by atoms with Crippen LogP contribution in [0.25, 0.3) is 5.65 Å². The van der Waals surface area contributed by atoms with Crippen LogP contribution in [-0.2, 0) is 6.42 Å². The molecule has 0 aliphatic heterocycles. The highest BCUT2D eigenvalue weighted by Gasteiger charge is 2.19. The molecule has 0 bridgehead atoms. The van der Waals surface area contributed by atoms with Gasteiger partial charge in [0.05, 0.1) is 0 Å². The number of hydrogen-bond donors (Lipinski definition) is 2. The summed E-state index contributed by atoms with van der Waals surface area (Å²) in [5, 5.41) is 14.0. The second kappa shape index (κ2) is 5.71. The van der Waals surface area contributed by atoms with Crippen LogP contribution in [0.15, 0.2) is 12.4 Å². The number of nitrogens with two attached hydrogens (primary N) is 1. The van der Waals surface area contributed by atoms with E-state index in [0.717, 1.165) is 24.3 Å². The van der Waals surface area contributed by atoms with Gasteiger partial charge in [-0.05, 0) is 24.8 Å². The number of aromatic nitrogens is 3. The maximum atomic E-state index is 11.4. The average molecular weight is 288 g/mol. The predicted octanol–water partition coefficient (Wildman–Crippen LogP) is 2.05. The van der Waals surface area contributed by atoms with E-state index >= 15 is 0 Å². The SMILES string of the molecule is NC(=O)c1c(O)cc(CCC2CCCCC2)c2ncnn12. The zero-order valence-corrected chi connectivity index (χ0v) is 12.0. The lowest BCUT2D eigenvalue weighted by atomic mass is 9.85. The molecule has 0 atom stereocenters. The van der Waals surface area contributed by atoms with Gasteiger partial charge in [0.1, 0.15) is 12.1 Å². The first-order valence-corrected chi connectivity index (χ1v) is 7.51. The lowest BCUT2D eigenvalue weighted by molar-refractivity contribution is 0.0990. The number of primary amides is 1. The molecule has 0 radical (unpaired) electrons. The van der Waals surface area contributed by atoms with Crippen LogP contribution < -0.4 is 5.73 Å². The first kappa shape index (κ1) is 13.9. The van der Waals surface area contributed by atoms with Gasteiger partial charge in [-0.2, -0.15) is 5.10 Å². The van der Waals surface area contributed by atoms with Crippen LogP contribution in [-0.4, -0.2) is 25.6 Å². The highest BCUT2D eigenvalue weighted by Crippen LogP contribution is 2.29. The number of amides is 1. The average Bonchev–Trinajstić information content (AvgIpc) is 2.94. The molecule has 2 aromatic heterocycles. The molecule has 1 fully saturated rings. The number of aryl methyl sites for hydroxylation is 1. The molecule has 3 N–H and O–H groups in total. The minimum absolute atomic E-state index is 0.0103. The molecule has 1 amide bonds. The van der Waals surface area contributed by atoms with Crippen LogP contribution in [0, 0.1) is 5.92 Å². The molecule has 3 rings (SSSR count). The van der Waals surface area contributed by atoms with E-state index in [0.29, 0.717) is 5.65 Å². The van der Waals surface area contributed by atoms with Crippen LogP contribution in [0.3, 0.4) is 0 Å². The monoisotopic (exact) mass is 288 g/mol. The number of hydrogen-bond acceptors (Lipinski definition) is 4. The van der Waals surface area contributed by atoms with Gasteiger partial charge in [0, 0.05) is 5.56 Å². The van der Waals surface area contributed by atoms with Crippen molar-refractivity contribution in [1.82, 2.24) is 14.6 Å². The molecule has 0 unspecified atom stereocenters. The van der Waals surface area contributed by atoms with Crippen LogP contribution in [0.5, 0.6) is 5.75 Å². The summed E-state index contributed by atoms with van der Waals surface area (Å²) in [4.78, 5) is 15.6. The zero-order chi connectivity index (χ0) is 14.8. The van der Waals surface area contributed by atoms with Crippen molar-refractivity contribution in [1.29, 1.82) is 0 Å². The summed E-state index contributed by atoms with van der Waals surface area (Å²) in [7, 11) is 0. The second-order valence-electron chi connectivity index (χ2n) is 5.81. The Hall–Kier alpha value is -2.11. The Kier molecular flexibility index (Phi) is 3.77. The molecule has 0 saturated heterocycles.